The normalized spacial score (nSPS) is 11.1. The minimum atomic E-state index is -3.82. The first-order valence-electron chi connectivity index (χ1n) is 7.18. The molecule has 0 aromatic heterocycles. The first-order chi connectivity index (χ1) is 12.1. The Hall–Kier alpha value is -2.39. The van der Waals surface area contributed by atoms with Crippen LogP contribution in [0.15, 0.2) is 36.4 Å². The van der Waals surface area contributed by atoms with Gasteiger partial charge in [-0.25, -0.2) is 17.2 Å². The summed E-state index contributed by atoms with van der Waals surface area (Å²) in [6, 6.07) is 7.03. The lowest BCUT2D eigenvalue weighted by molar-refractivity contribution is -0.114. The first kappa shape index (κ1) is 19.9. The number of anilines is 2. The number of sulfonamides is 1. The van der Waals surface area contributed by atoms with Crippen molar-refractivity contribution in [2.75, 3.05) is 29.5 Å². The second-order valence-corrected chi connectivity index (χ2v) is 7.58. The molecule has 0 aliphatic heterocycles. The summed E-state index contributed by atoms with van der Waals surface area (Å²) in [5.74, 6) is -2.60. The van der Waals surface area contributed by atoms with E-state index in [-0.39, 0.29) is 16.4 Å². The van der Waals surface area contributed by atoms with Crippen molar-refractivity contribution in [3.63, 3.8) is 0 Å². The van der Waals surface area contributed by atoms with Gasteiger partial charge >= 0.3 is 0 Å². The molecule has 6 nitrogen and oxygen atoms in total. The molecule has 0 spiro atoms. The van der Waals surface area contributed by atoms with Gasteiger partial charge in [0, 0.05) is 11.8 Å². The van der Waals surface area contributed by atoms with Crippen molar-refractivity contribution in [1.82, 2.24) is 0 Å². The summed E-state index contributed by atoms with van der Waals surface area (Å²) < 4.78 is 56.0. The molecule has 0 aliphatic rings. The number of carbonyl (C=O) groups excluding carboxylic acids is 1. The smallest absolute Gasteiger partial charge is 0.245 e. The molecular formula is C16H15ClF2N2O4S. The van der Waals surface area contributed by atoms with Gasteiger partial charge < -0.3 is 10.1 Å². The van der Waals surface area contributed by atoms with Crippen molar-refractivity contribution >= 4 is 38.9 Å². The maximum Gasteiger partial charge on any atom is 0.245 e. The topological polar surface area (TPSA) is 75.7 Å². The molecule has 0 heterocycles. The average molecular weight is 405 g/mol. The van der Waals surface area contributed by atoms with E-state index in [2.05, 4.69) is 5.32 Å². The van der Waals surface area contributed by atoms with Gasteiger partial charge in [-0.2, -0.15) is 0 Å². The van der Waals surface area contributed by atoms with Crippen LogP contribution in [0.4, 0.5) is 20.2 Å². The minimum Gasteiger partial charge on any atom is -0.495 e. The van der Waals surface area contributed by atoms with E-state index in [1.165, 1.54) is 25.3 Å². The second kappa shape index (κ2) is 7.88. The van der Waals surface area contributed by atoms with E-state index in [1.54, 1.807) is 0 Å². The van der Waals surface area contributed by atoms with Gasteiger partial charge in [-0.1, -0.05) is 11.6 Å². The van der Waals surface area contributed by atoms with E-state index in [9.17, 15) is 22.0 Å². The fraction of sp³-hybridized carbons (Fsp3) is 0.188. The summed E-state index contributed by atoms with van der Waals surface area (Å²) in [5.41, 5.74) is 0.147. The van der Waals surface area contributed by atoms with Crippen LogP contribution in [-0.2, 0) is 14.8 Å². The van der Waals surface area contributed by atoms with Crippen LogP contribution in [0.3, 0.4) is 0 Å². The number of rotatable bonds is 6. The molecule has 0 saturated heterocycles. The minimum absolute atomic E-state index is 0.00452. The van der Waals surface area contributed by atoms with E-state index in [0.29, 0.717) is 5.75 Å². The lowest BCUT2D eigenvalue weighted by Gasteiger charge is -2.22. The summed E-state index contributed by atoms with van der Waals surface area (Å²) >= 11 is 6.00. The number of amides is 1. The largest absolute Gasteiger partial charge is 0.495 e. The third kappa shape index (κ3) is 4.83. The summed E-state index contributed by atoms with van der Waals surface area (Å²) in [5, 5.41) is 2.48. The molecule has 0 bridgehead atoms. The molecule has 1 amide bonds. The van der Waals surface area contributed by atoms with Crippen LogP contribution in [0, 0.1) is 11.6 Å². The van der Waals surface area contributed by atoms with Crippen molar-refractivity contribution < 1.29 is 26.7 Å². The highest BCUT2D eigenvalue weighted by atomic mass is 35.5. The van der Waals surface area contributed by atoms with E-state index in [1.807, 2.05) is 0 Å². The molecule has 10 heteroatoms. The second-order valence-electron chi connectivity index (χ2n) is 5.27. The fourth-order valence-electron chi connectivity index (χ4n) is 2.12. The van der Waals surface area contributed by atoms with Crippen LogP contribution in [0.1, 0.15) is 0 Å². The van der Waals surface area contributed by atoms with Crippen molar-refractivity contribution in [2.24, 2.45) is 0 Å². The number of nitrogens with one attached hydrogen (secondary N) is 1. The van der Waals surface area contributed by atoms with Crippen LogP contribution in [0.5, 0.6) is 5.75 Å². The lowest BCUT2D eigenvalue weighted by atomic mass is 10.3. The summed E-state index contributed by atoms with van der Waals surface area (Å²) in [7, 11) is -2.41. The summed E-state index contributed by atoms with van der Waals surface area (Å²) in [6.45, 7) is -0.583. The number of ether oxygens (including phenoxy) is 1. The number of nitrogens with zero attached hydrogens (tertiary/aromatic N) is 1. The summed E-state index contributed by atoms with van der Waals surface area (Å²) in [4.78, 5) is 12.2. The Morgan fingerprint density at radius 3 is 2.42 bits per heavy atom. The van der Waals surface area contributed by atoms with Crippen LogP contribution in [0.25, 0.3) is 0 Å². The molecule has 2 rings (SSSR count). The van der Waals surface area contributed by atoms with Gasteiger partial charge in [0.2, 0.25) is 15.9 Å². The zero-order valence-electron chi connectivity index (χ0n) is 13.8. The third-order valence-corrected chi connectivity index (χ3v) is 4.75. The predicted molar refractivity (Wildman–Crippen MR) is 95.2 cm³/mol. The van der Waals surface area contributed by atoms with Crippen LogP contribution in [-0.4, -0.2) is 34.2 Å². The van der Waals surface area contributed by atoms with Crippen molar-refractivity contribution in [3.8, 4) is 5.75 Å². The quantitative estimate of drug-likeness (QED) is 0.803. The number of methoxy groups -OCH3 is 1. The average Bonchev–Trinajstić information content (AvgIpc) is 2.55. The van der Waals surface area contributed by atoms with Crippen molar-refractivity contribution in [3.05, 3.63) is 53.1 Å². The highest BCUT2D eigenvalue weighted by Gasteiger charge is 2.22. The van der Waals surface area contributed by atoms with Gasteiger partial charge in [0.1, 0.15) is 12.3 Å². The molecule has 2 aromatic rings. The van der Waals surface area contributed by atoms with Gasteiger partial charge in [0.25, 0.3) is 0 Å². The molecule has 26 heavy (non-hydrogen) atoms. The van der Waals surface area contributed by atoms with E-state index in [4.69, 9.17) is 16.3 Å². The Morgan fingerprint density at radius 2 is 1.88 bits per heavy atom. The van der Waals surface area contributed by atoms with Gasteiger partial charge in [-0.3, -0.25) is 9.10 Å². The predicted octanol–water partition coefficient (Wildman–Crippen LogP) is 3.03. The van der Waals surface area contributed by atoms with Gasteiger partial charge in [0.05, 0.1) is 24.1 Å². The lowest BCUT2D eigenvalue weighted by Crippen LogP contribution is -2.37. The Balaban J connectivity index is 2.24. The molecule has 0 atom stereocenters. The molecular weight excluding hydrogens is 390 g/mol. The number of carbonyl (C=O) groups is 1. The zero-order chi connectivity index (χ0) is 19.5. The van der Waals surface area contributed by atoms with Crippen LogP contribution >= 0.6 is 11.6 Å². The van der Waals surface area contributed by atoms with Crippen molar-refractivity contribution in [2.45, 2.75) is 0 Å². The van der Waals surface area contributed by atoms with Gasteiger partial charge in [0.15, 0.2) is 11.6 Å². The molecule has 0 radical (unpaired) electrons. The standard InChI is InChI=1S/C16H15ClF2N2O4S/c1-25-15-6-4-11(8-12(15)17)21(26(2,23)24)9-16(22)20-10-3-5-13(18)14(19)7-10/h3-8H,9H2,1-2H3,(H,20,22). The highest BCUT2D eigenvalue weighted by molar-refractivity contribution is 7.92. The van der Waals surface area contributed by atoms with E-state index >= 15 is 0 Å². The SMILES string of the molecule is COc1ccc(N(CC(=O)Nc2ccc(F)c(F)c2)S(C)(=O)=O)cc1Cl. The maximum atomic E-state index is 13.2. The highest BCUT2D eigenvalue weighted by Crippen LogP contribution is 2.30. The van der Waals surface area contributed by atoms with Crippen LogP contribution < -0.4 is 14.4 Å². The number of halogens is 3. The van der Waals surface area contributed by atoms with Crippen LogP contribution in [0.2, 0.25) is 5.02 Å². The Morgan fingerprint density at radius 1 is 1.19 bits per heavy atom. The summed E-state index contributed by atoms with van der Waals surface area (Å²) in [6.07, 6.45) is 0.927. The maximum absolute atomic E-state index is 13.2. The number of hydrogen-bond donors (Lipinski definition) is 1. The van der Waals surface area contributed by atoms with Crippen molar-refractivity contribution in [1.29, 1.82) is 0 Å². The van der Waals surface area contributed by atoms with E-state index < -0.39 is 34.1 Å². The zero-order valence-corrected chi connectivity index (χ0v) is 15.4. The molecule has 1 N–H and O–H groups in total. The third-order valence-electron chi connectivity index (χ3n) is 3.31. The first-order valence-corrected chi connectivity index (χ1v) is 9.40. The number of benzene rings is 2. The van der Waals surface area contributed by atoms with Gasteiger partial charge in [-0.15, -0.1) is 0 Å². The van der Waals surface area contributed by atoms with E-state index in [0.717, 1.165) is 28.8 Å². The monoisotopic (exact) mass is 404 g/mol. The Bertz CT molecular complexity index is 938. The molecule has 0 aliphatic carbocycles. The molecule has 0 saturated carbocycles. The molecule has 2 aromatic carbocycles. The molecule has 140 valence electrons. The number of hydrogen-bond acceptors (Lipinski definition) is 4. The fourth-order valence-corrected chi connectivity index (χ4v) is 3.22. The molecule has 0 unspecified atom stereocenters. The van der Waals surface area contributed by atoms with Gasteiger partial charge in [-0.05, 0) is 30.3 Å². The Labute approximate surface area is 154 Å². The Kier molecular flexibility index (Phi) is 6.04. The molecule has 0 fully saturated rings.